The van der Waals surface area contributed by atoms with Gasteiger partial charge in [0.2, 0.25) is 0 Å². The lowest BCUT2D eigenvalue weighted by Crippen LogP contribution is -2.29. The highest BCUT2D eigenvalue weighted by Crippen LogP contribution is 2.35. The van der Waals surface area contributed by atoms with Crippen LogP contribution >= 0.6 is 23.2 Å². The van der Waals surface area contributed by atoms with Crippen molar-refractivity contribution in [3.8, 4) is 0 Å². The molecule has 1 aromatic heterocycles. The zero-order valence-corrected chi connectivity index (χ0v) is 13.1. The highest BCUT2D eigenvalue weighted by Gasteiger charge is 2.21. The van der Waals surface area contributed by atoms with Crippen molar-refractivity contribution in [2.24, 2.45) is 5.73 Å². The van der Waals surface area contributed by atoms with E-state index in [0.717, 1.165) is 22.2 Å². The Balaban J connectivity index is 2.91. The molecular weight excluding hydrogens is 279 g/mol. The number of pyridine rings is 1. The Bertz CT molecular complexity index is 628. The van der Waals surface area contributed by atoms with E-state index >= 15 is 0 Å². The first-order chi connectivity index (χ1) is 8.70. The second-order valence-electron chi connectivity index (χ2n) is 5.75. The highest BCUT2D eigenvalue weighted by atomic mass is 35.5. The van der Waals surface area contributed by atoms with E-state index in [1.807, 2.05) is 26.0 Å². The summed E-state index contributed by atoms with van der Waals surface area (Å²) >= 11 is 12.4. The van der Waals surface area contributed by atoms with Crippen molar-refractivity contribution in [2.75, 3.05) is 0 Å². The Hall–Kier alpha value is -0.830. The third-order valence-corrected chi connectivity index (χ3v) is 3.65. The minimum absolute atomic E-state index is 0.322. The summed E-state index contributed by atoms with van der Waals surface area (Å²) in [5.41, 5.74) is 8.60. The number of hydrogen-bond donors (Lipinski definition) is 1. The highest BCUT2D eigenvalue weighted by molar-refractivity contribution is 6.38. The van der Waals surface area contributed by atoms with Gasteiger partial charge >= 0.3 is 0 Å². The first-order valence-corrected chi connectivity index (χ1v) is 7.05. The fraction of sp³-hybridized carbons (Fsp3) is 0.400. The summed E-state index contributed by atoms with van der Waals surface area (Å²) in [6.07, 6.45) is 0. The molecule has 0 aliphatic carbocycles. The molecule has 0 radical (unpaired) electrons. The summed E-state index contributed by atoms with van der Waals surface area (Å²) in [5, 5.41) is 2.08. The van der Waals surface area contributed by atoms with Crippen LogP contribution in [0.2, 0.25) is 10.0 Å². The molecule has 102 valence electrons. The van der Waals surface area contributed by atoms with E-state index in [2.05, 4.69) is 18.8 Å². The number of rotatable bonds is 2. The van der Waals surface area contributed by atoms with Gasteiger partial charge in [-0.15, -0.1) is 0 Å². The molecule has 0 spiro atoms. The standard InChI is InChI=1S/C15H18Cl2N2/c1-8(2)12-7-10(15(3,4)18)14-11(17)5-9(16)6-13(14)19-12/h5-8H,18H2,1-4H3. The van der Waals surface area contributed by atoms with Crippen LogP contribution in [-0.4, -0.2) is 4.98 Å². The number of benzene rings is 1. The molecule has 0 atom stereocenters. The van der Waals surface area contributed by atoms with Crippen molar-refractivity contribution in [3.63, 3.8) is 0 Å². The van der Waals surface area contributed by atoms with Crippen LogP contribution in [0.15, 0.2) is 18.2 Å². The van der Waals surface area contributed by atoms with E-state index in [4.69, 9.17) is 28.9 Å². The zero-order valence-electron chi connectivity index (χ0n) is 11.6. The Labute approximate surface area is 123 Å². The number of hydrogen-bond acceptors (Lipinski definition) is 2. The first-order valence-electron chi connectivity index (χ1n) is 6.29. The summed E-state index contributed by atoms with van der Waals surface area (Å²) in [4.78, 5) is 4.65. The van der Waals surface area contributed by atoms with E-state index in [-0.39, 0.29) is 0 Å². The van der Waals surface area contributed by atoms with Gasteiger partial charge in [0.1, 0.15) is 0 Å². The van der Waals surface area contributed by atoms with E-state index in [1.165, 1.54) is 0 Å². The molecule has 0 bridgehead atoms. The van der Waals surface area contributed by atoms with Gasteiger partial charge in [0.15, 0.2) is 0 Å². The van der Waals surface area contributed by atoms with Gasteiger partial charge in [0.25, 0.3) is 0 Å². The summed E-state index contributed by atoms with van der Waals surface area (Å²) in [6.45, 7) is 8.15. The predicted molar refractivity (Wildman–Crippen MR) is 83.1 cm³/mol. The fourth-order valence-corrected chi connectivity index (χ4v) is 2.69. The van der Waals surface area contributed by atoms with Crippen LogP contribution in [0.1, 0.15) is 44.9 Å². The molecule has 0 saturated carbocycles. The number of aromatic nitrogens is 1. The molecule has 0 fully saturated rings. The smallest absolute Gasteiger partial charge is 0.0738 e. The number of nitrogens with two attached hydrogens (primary N) is 1. The maximum Gasteiger partial charge on any atom is 0.0738 e. The van der Waals surface area contributed by atoms with Crippen molar-refractivity contribution in [1.82, 2.24) is 4.98 Å². The van der Waals surface area contributed by atoms with Gasteiger partial charge in [0.05, 0.1) is 10.5 Å². The Morgan fingerprint density at radius 3 is 2.32 bits per heavy atom. The van der Waals surface area contributed by atoms with Crippen molar-refractivity contribution in [1.29, 1.82) is 0 Å². The Morgan fingerprint density at radius 1 is 1.16 bits per heavy atom. The number of fused-ring (bicyclic) bond motifs is 1. The van der Waals surface area contributed by atoms with Crippen LogP contribution in [0.4, 0.5) is 0 Å². The van der Waals surface area contributed by atoms with Gasteiger partial charge in [-0.1, -0.05) is 37.0 Å². The zero-order chi connectivity index (χ0) is 14.4. The summed E-state index contributed by atoms with van der Waals surface area (Å²) in [5.74, 6) is 0.322. The molecule has 2 rings (SSSR count). The predicted octanol–water partition coefficient (Wildman–Crippen LogP) is 4.86. The number of nitrogens with zero attached hydrogens (tertiary/aromatic N) is 1. The van der Waals surface area contributed by atoms with Crippen LogP contribution in [0.3, 0.4) is 0 Å². The second-order valence-corrected chi connectivity index (χ2v) is 6.60. The average molecular weight is 297 g/mol. The summed E-state index contributed by atoms with van der Waals surface area (Å²) < 4.78 is 0. The normalized spacial score (nSPS) is 12.4. The van der Waals surface area contributed by atoms with E-state index in [0.29, 0.717) is 16.0 Å². The van der Waals surface area contributed by atoms with Crippen molar-refractivity contribution in [2.45, 2.75) is 39.2 Å². The molecule has 0 saturated heterocycles. The largest absolute Gasteiger partial charge is 0.322 e. The van der Waals surface area contributed by atoms with Crippen molar-refractivity contribution in [3.05, 3.63) is 39.5 Å². The van der Waals surface area contributed by atoms with Gasteiger partial charge < -0.3 is 5.73 Å². The average Bonchev–Trinajstić information content (AvgIpc) is 2.25. The summed E-state index contributed by atoms with van der Waals surface area (Å²) in [7, 11) is 0. The van der Waals surface area contributed by atoms with Crippen LogP contribution in [0, 0.1) is 0 Å². The lowest BCUT2D eigenvalue weighted by molar-refractivity contribution is 0.557. The van der Waals surface area contributed by atoms with Crippen molar-refractivity contribution < 1.29 is 0 Å². The molecule has 0 amide bonds. The van der Waals surface area contributed by atoms with Crippen molar-refractivity contribution >= 4 is 34.1 Å². The molecule has 2 N–H and O–H groups in total. The molecule has 19 heavy (non-hydrogen) atoms. The minimum Gasteiger partial charge on any atom is -0.322 e. The van der Waals surface area contributed by atoms with Crippen LogP contribution in [0.5, 0.6) is 0 Å². The SMILES string of the molecule is CC(C)c1cc(C(C)(C)N)c2c(Cl)cc(Cl)cc2n1. The molecular formula is C15H18Cl2N2. The lowest BCUT2D eigenvalue weighted by Gasteiger charge is -2.23. The molecule has 1 aromatic carbocycles. The molecule has 0 aliphatic heterocycles. The van der Waals surface area contributed by atoms with Gasteiger partial charge in [-0.3, -0.25) is 4.98 Å². The molecule has 0 aliphatic rings. The van der Waals surface area contributed by atoms with Crippen LogP contribution in [-0.2, 0) is 5.54 Å². The van der Waals surface area contributed by atoms with Crippen LogP contribution in [0.25, 0.3) is 10.9 Å². The summed E-state index contributed by atoms with van der Waals surface area (Å²) in [6, 6.07) is 5.62. The number of halogens is 2. The second kappa shape index (κ2) is 4.93. The quantitative estimate of drug-likeness (QED) is 0.859. The Morgan fingerprint density at radius 2 is 1.79 bits per heavy atom. The van der Waals surface area contributed by atoms with Gasteiger partial charge in [-0.25, -0.2) is 0 Å². The molecule has 4 heteroatoms. The molecule has 0 unspecified atom stereocenters. The molecule has 2 nitrogen and oxygen atoms in total. The monoisotopic (exact) mass is 296 g/mol. The topological polar surface area (TPSA) is 38.9 Å². The molecule has 1 heterocycles. The fourth-order valence-electron chi connectivity index (χ4n) is 2.11. The van der Waals surface area contributed by atoms with E-state index < -0.39 is 5.54 Å². The van der Waals surface area contributed by atoms with E-state index in [9.17, 15) is 0 Å². The van der Waals surface area contributed by atoms with Gasteiger partial charge in [-0.05, 0) is 43.5 Å². The van der Waals surface area contributed by atoms with Gasteiger partial charge in [0, 0.05) is 21.6 Å². The minimum atomic E-state index is -0.484. The maximum atomic E-state index is 6.33. The maximum absolute atomic E-state index is 6.33. The van der Waals surface area contributed by atoms with Gasteiger partial charge in [-0.2, -0.15) is 0 Å². The third-order valence-electron chi connectivity index (χ3n) is 3.13. The van der Waals surface area contributed by atoms with Crippen LogP contribution < -0.4 is 5.73 Å². The van der Waals surface area contributed by atoms with E-state index in [1.54, 1.807) is 6.07 Å². The Kier molecular flexibility index (Phi) is 3.78. The molecule has 2 aromatic rings. The third kappa shape index (κ3) is 2.86. The lowest BCUT2D eigenvalue weighted by atomic mass is 9.90. The first kappa shape index (κ1) is 14.6.